The Morgan fingerprint density at radius 2 is 1.83 bits per heavy atom. The fraction of sp³-hybridized carbons (Fsp3) is 1.00. The first kappa shape index (κ1) is 16.3. The maximum atomic E-state index is 5.80. The Morgan fingerprint density at radius 1 is 1.22 bits per heavy atom. The summed E-state index contributed by atoms with van der Waals surface area (Å²) in [5.41, 5.74) is 0.416. The second-order valence-corrected chi connectivity index (χ2v) is 6.79. The Kier molecular flexibility index (Phi) is 6.49. The van der Waals surface area contributed by atoms with Crippen LogP contribution in [-0.2, 0) is 4.74 Å². The molecule has 0 spiro atoms. The molecule has 0 aromatic heterocycles. The summed E-state index contributed by atoms with van der Waals surface area (Å²) in [5, 5.41) is 0. The zero-order valence-corrected chi connectivity index (χ0v) is 13.6. The Bertz CT molecular complexity index is 237. The van der Waals surface area contributed by atoms with Gasteiger partial charge in [0.2, 0.25) is 0 Å². The van der Waals surface area contributed by atoms with Crippen LogP contribution in [0, 0.1) is 5.41 Å². The molecule has 3 heteroatoms. The van der Waals surface area contributed by atoms with E-state index in [-0.39, 0.29) is 5.60 Å². The summed E-state index contributed by atoms with van der Waals surface area (Å²) < 4.78 is 5.80. The molecule has 0 aromatic carbocycles. The monoisotopic (exact) mass is 273 g/mol. The van der Waals surface area contributed by atoms with Crippen molar-refractivity contribution in [1.29, 1.82) is 0 Å². The predicted octanol–water partition coefficient (Wildman–Crippen LogP) is 3.61. The van der Waals surface area contributed by atoms with Gasteiger partial charge < -0.3 is 4.74 Å². The number of hydrogen-bond donors (Lipinski definition) is 1. The molecule has 1 aliphatic rings. The van der Waals surface area contributed by atoms with Gasteiger partial charge in [0, 0.05) is 19.6 Å². The molecule has 0 bridgehead atoms. The lowest BCUT2D eigenvalue weighted by Gasteiger charge is -2.43. The first-order valence-electron chi connectivity index (χ1n) is 7.44. The number of hydrogen-bond acceptors (Lipinski definition) is 3. The molecule has 1 fully saturated rings. The lowest BCUT2D eigenvalue weighted by Crippen LogP contribution is -2.52. The zero-order valence-electron chi connectivity index (χ0n) is 12.7. The summed E-state index contributed by atoms with van der Waals surface area (Å²) in [5.74, 6) is 1.01. The largest absolute Gasteiger partial charge is 0.373 e. The molecular weight excluding hydrogens is 242 g/mol. The minimum atomic E-state index is 0.0129. The molecule has 1 rings (SSSR count). The molecule has 0 aromatic rings. The quantitative estimate of drug-likeness (QED) is 0.711. The van der Waals surface area contributed by atoms with Crippen LogP contribution in [0.5, 0.6) is 0 Å². The number of ether oxygens (including phenoxy) is 1. The number of rotatable bonds is 7. The molecule has 1 aliphatic heterocycles. The topological polar surface area (TPSA) is 12.5 Å². The van der Waals surface area contributed by atoms with E-state index in [9.17, 15) is 0 Å². The molecule has 0 radical (unpaired) electrons. The van der Waals surface area contributed by atoms with Crippen LogP contribution in [0.4, 0.5) is 0 Å². The number of thiol groups is 1. The maximum absolute atomic E-state index is 5.80. The highest BCUT2D eigenvalue weighted by atomic mass is 32.1. The molecule has 0 aliphatic carbocycles. The van der Waals surface area contributed by atoms with E-state index in [0.29, 0.717) is 5.41 Å². The smallest absolute Gasteiger partial charge is 0.0753 e. The van der Waals surface area contributed by atoms with Gasteiger partial charge in [-0.05, 0) is 37.9 Å². The van der Waals surface area contributed by atoms with Crippen molar-refractivity contribution in [3.8, 4) is 0 Å². The fourth-order valence-corrected chi connectivity index (χ4v) is 3.69. The van der Waals surface area contributed by atoms with Crippen molar-refractivity contribution in [3.63, 3.8) is 0 Å². The Hall–Kier alpha value is 0.270. The van der Waals surface area contributed by atoms with E-state index >= 15 is 0 Å². The highest BCUT2D eigenvalue weighted by molar-refractivity contribution is 7.80. The van der Waals surface area contributed by atoms with Gasteiger partial charge >= 0.3 is 0 Å². The van der Waals surface area contributed by atoms with Crippen molar-refractivity contribution < 1.29 is 4.74 Å². The van der Waals surface area contributed by atoms with Gasteiger partial charge in [-0.3, -0.25) is 4.90 Å². The van der Waals surface area contributed by atoms with Crippen molar-refractivity contribution in [2.45, 2.75) is 59.0 Å². The van der Waals surface area contributed by atoms with Crippen LogP contribution in [0.3, 0.4) is 0 Å². The third-order valence-electron chi connectivity index (χ3n) is 3.96. The zero-order chi connectivity index (χ0) is 13.6. The SMILES string of the molecule is CCCC(CS)(CCC)CN1CCOC(C)(C)C1. The molecule has 2 nitrogen and oxygen atoms in total. The second kappa shape index (κ2) is 7.16. The van der Waals surface area contributed by atoms with Crippen LogP contribution in [0.15, 0.2) is 0 Å². The normalized spacial score (nSPS) is 21.2. The average molecular weight is 273 g/mol. The van der Waals surface area contributed by atoms with E-state index in [4.69, 9.17) is 4.74 Å². The highest BCUT2D eigenvalue weighted by Gasteiger charge is 2.34. The lowest BCUT2D eigenvalue weighted by molar-refractivity contribution is -0.0941. The van der Waals surface area contributed by atoms with Gasteiger partial charge in [-0.2, -0.15) is 12.6 Å². The van der Waals surface area contributed by atoms with Gasteiger partial charge in [-0.1, -0.05) is 26.7 Å². The van der Waals surface area contributed by atoms with E-state index in [1.165, 1.54) is 32.2 Å². The summed E-state index contributed by atoms with van der Waals surface area (Å²) in [4.78, 5) is 2.59. The van der Waals surface area contributed by atoms with Gasteiger partial charge in [0.1, 0.15) is 0 Å². The minimum absolute atomic E-state index is 0.0129. The molecule has 1 saturated heterocycles. The van der Waals surface area contributed by atoms with Gasteiger partial charge in [0.05, 0.1) is 12.2 Å². The molecule has 1 heterocycles. The molecular formula is C15H31NOS. The predicted molar refractivity (Wildman–Crippen MR) is 82.6 cm³/mol. The van der Waals surface area contributed by atoms with Crippen LogP contribution in [0.2, 0.25) is 0 Å². The van der Waals surface area contributed by atoms with E-state index in [0.717, 1.165) is 25.4 Å². The molecule has 0 atom stereocenters. The molecule has 108 valence electrons. The Balaban J connectivity index is 2.64. The fourth-order valence-electron chi connectivity index (χ4n) is 3.28. The van der Waals surface area contributed by atoms with Gasteiger partial charge in [-0.25, -0.2) is 0 Å². The van der Waals surface area contributed by atoms with Gasteiger partial charge in [0.15, 0.2) is 0 Å². The van der Waals surface area contributed by atoms with E-state index in [1.807, 2.05) is 0 Å². The molecule has 0 saturated carbocycles. The van der Waals surface area contributed by atoms with Crippen molar-refractivity contribution in [1.82, 2.24) is 4.90 Å². The maximum Gasteiger partial charge on any atom is 0.0753 e. The minimum Gasteiger partial charge on any atom is -0.373 e. The van der Waals surface area contributed by atoms with Crippen LogP contribution in [-0.4, -0.2) is 42.5 Å². The third kappa shape index (κ3) is 4.75. The van der Waals surface area contributed by atoms with Crippen molar-refractivity contribution in [2.24, 2.45) is 5.41 Å². The highest BCUT2D eigenvalue weighted by Crippen LogP contribution is 2.33. The molecule has 0 amide bonds. The van der Waals surface area contributed by atoms with Gasteiger partial charge in [0.25, 0.3) is 0 Å². The third-order valence-corrected chi connectivity index (χ3v) is 4.63. The standard InChI is InChI=1S/C15H31NOS/c1-5-7-15(13-18,8-6-2)12-16-9-10-17-14(3,4)11-16/h18H,5-13H2,1-4H3. The van der Waals surface area contributed by atoms with Crippen molar-refractivity contribution >= 4 is 12.6 Å². The van der Waals surface area contributed by atoms with Gasteiger partial charge in [-0.15, -0.1) is 0 Å². The summed E-state index contributed by atoms with van der Waals surface area (Å²) in [6.07, 6.45) is 5.10. The summed E-state index contributed by atoms with van der Waals surface area (Å²) >= 11 is 4.65. The van der Waals surface area contributed by atoms with Crippen molar-refractivity contribution in [3.05, 3.63) is 0 Å². The van der Waals surface area contributed by atoms with Crippen LogP contribution in [0.25, 0.3) is 0 Å². The average Bonchev–Trinajstić information content (AvgIpc) is 2.28. The van der Waals surface area contributed by atoms with E-state index < -0.39 is 0 Å². The first-order chi connectivity index (χ1) is 8.47. The molecule has 0 N–H and O–H groups in total. The molecule has 0 unspecified atom stereocenters. The summed E-state index contributed by atoms with van der Waals surface area (Å²) in [6.45, 7) is 13.2. The number of morpholine rings is 1. The second-order valence-electron chi connectivity index (χ2n) is 6.48. The van der Waals surface area contributed by atoms with Crippen LogP contribution in [0.1, 0.15) is 53.4 Å². The molecule has 18 heavy (non-hydrogen) atoms. The lowest BCUT2D eigenvalue weighted by atomic mass is 9.80. The first-order valence-corrected chi connectivity index (χ1v) is 8.07. The van der Waals surface area contributed by atoms with Crippen LogP contribution < -0.4 is 0 Å². The summed E-state index contributed by atoms with van der Waals surface area (Å²) in [6, 6.07) is 0. The summed E-state index contributed by atoms with van der Waals surface area (Å²) in [7, 11) is 0. The Labute approximate surface area is 119 Å². The van der Waals surface area contributed by atoms with E-state index in [2.05, 4.69) is 45.2 Å². The Morgan fingerprint density at radius 3 is 2.28 bits per heavy atom. The van der Waals surface area contributed by atoms with Crippen molar-refractivity contribution in [2.75, 3.05) is 32.0 Å². The van der Waals surface area contributed by atoms with Crippen LogP contribution >= 0.6 is 12.6 Å². The number of nitrogens with zero attached hydrogens (tertiary/aromatic N) is 1. The van der Waals surface area contributed by atoms with E-state index in [1.54, 1.807) is 0 Å².